The number of benzene rings is 1. The van der Waals surface area contributed by atoms with E-state index in [-0.39, 0.29) is 35.6 Å². The number of nitrogens with one attached hydrogen (secondary N) is 2. The van der Waals surface area contributed by atoms with Crippen molar-refractivity contribution in [1.29, 1.82) is 0 Å². The van der Waals surface area contributed by atoms with Gasteiger partial charge in [0, 0.05) is 19.3 Å². The molecule has 26 heavy (non-hydrogen) atoms. The van der Waals surface area contributed by atoms with Crippen molar-refractivity contribution >= 4 is 23.7 Å². The lowest BCUT2D eigenvalue weighted by molar-refractivity contribution is -0.140. The van der Waals surface area contributed by atoms with Gasteiger partial charge >= 0.3 is 6.03 Å². The minimum absolute atomic E-state index is 0.0138. The van der Waals surface area contributed by atoms with Gasteiger partial charge in [-0.15, -0.1) is 11.8 Å². The zero-order valence-corrected chi connectivity index (χ0v) is 16.0. The topological polar surface area (TPSA) is 64.7 Å². The zero-order chi connectivity index (χ0) is 18.3. The molecule has 2 heterocycles. The molecule has 1 saturated carbocycles. The van der Waals surface area contributed by atoms with E-state index in [1.165, 1.54) is 30.6 Å². The summed E-state index contributed by atoms with van der Waals surface area (Å²) in [5, 5.41) is 7.71. The Morgan fingerprint density at radius 3 is 2.42 bits per heavy atom. The quantitative estimate of drug-likeness (QED) is 0.850. The van der Waals surface area contributed by atoms with Crippen molar-refractivity contribution < 1.29 is 9.59 Å². The van der Waals surface area contributed by atoms with Crippen LogP contribution in [0.25, 0.3) is 0 Å². The summed E-state index contributed by atoms with van der Waals surface area (Å²) < 4.78 is 0. The Balaban J connectivity index is 1.64. The molecule has 0 radical (unpaired) electrons. The highest BCUT2D eigenvalue weighted by atomic mass is 32.2. The Kier molecular flexibility index (Phi) is 4.94. The van der Waals surface area contributed by atoms with Crippen LogP contribution >= 0.6 is 11.8 Å². The van der Waals surface area contributed by atoms with Crippen molar-refractivity contribution in [3.8, 4) is 0 Å². The van der Waals surface area contributed by atoms with Gasteiger partial charge in [-0.1, -0.05) is 43.2 Å². The third-order valence-electron chi connectivity index (χ3n) is 5.73. The van der Waals surface area contributed by atoms with E-state index in [1.54, 1.807) is 19.0 Å². The molecular formula is C19H26N4O2S. The average Bonchev–Trinajstić information content (AvgIpc) is 3.18. The van der Waals surface area contributed by atoms with Gasteiger partial charge in [-0.05, 0) is 18.4 Å². The Bertz CT molecular complexity index is 679. The van der Waals surface area contributed by atoms with Crippen LogP contribution in [-0.2, 0) is 4.79 Å². The van der Waals surface area contributed by atoms with Crippen LogP contribution in [0.2, 0.25) is 0 Å². The van der Waals surface area contributed by atoms with E-state index >= 15 is 0 Å². The molecule has 2 aliphatic heterocycles. The first kappa shape index (κ1) is 17.8. The lowest BCUT2D eigenvalue weighted by atomic mass is 9.96. The Hall–Kier alpha value is -1.57. The van der Waals surface area contributed by atoms with Crippen molar-refractivity contribution in [3.63, 3.8) is 0 Å². The Labute approximate surface area is 158 Å². The fourth-order valence-electron chi connectivity index (χ4n) is 4.24. The molecule has 3 fully saturated rings. The number of carbonyl (C=O) groups is 2. The number of carbonyl (C=O) groups excluding carboxylic acids is 2. The zero-order valence-electron chi connectivity index (χ0n) is 15.2. The summed E-state index contributed by atoms with van der Waals surface area (Å²) in [5.41, 5.74) is 1.12. The molecule has 1 aromatic carbocycles. The molecule has 140 valence electrons. The molecule has 1 aromatic rings. The number of rotatable bonds is 3. The minimum atomic E-state index is -0.295. The Morgan fingerprint density at radius 2 is 1.73 bits per heavy atom. The first-order valence-corrected chi connectivity index (χ1v) is 10.3. The maximum absolute atomic E-state index is 12.9. The molecule has 4 rings (SSSR count). The molecular weight excluding hydrogens is 348 g/mol. The number of fused-ring (bicyclic) bond motifs is 1. The van der Waals surface area contributed by atoms with Gasteiger partial charge in [0.05, 0.1) is 23.6 Å². The summed E-state index contributed by atoms with van der Waals surface area (Å²) in [5.74, 6) is -0.381. The molecule has 3 aliphatic rings. The smallest absolute Gasteiger partial charge is 0.311 e. The molecule has 0 aromatic heterocycles. The maximum Gasteiger partial charge on any atom is 0.327 e. The van der Waals surface area contributed by atoms with Crippen molar-refractivity contribution in [1.82, 2.24) is 20.4 Å². The van der Waals surface area contributed by atoms with Crippen molar-refractivity contribution in [2.24, 2.45) is 5.92 Å². The molecule has 2 N–H and O–H groups in total. The van der Waals surface area contributed by atoms with E-state index in [9.17, 15) is 9.59 Å². The molecule has 4 atom stereocenters. The van der Waals surface area contributed by atoms with Gasteiger partial charge in [-0.3, -0.25) is 20.3 Å². The van der Waals surface area contributed by atoms with Gasteiger partial charge < -0.3 is 4.90 Å². The SMILES string of the molecule is CN1C(=O)C2C(SC3CCCC3)NC(c3ccccc3)NC2N(C)C1=O. The second-order valence-corrected chi connectivity index (χ2v) is 8.85. The minimum Gasteiger partial charge on any atom is -0.311 e. The van der Waals surface area contributed by atoms with Crippen molar-refractivity contribution in [3.05, 3.63) is 35.9 Å². The van der Waals surface area contributed by atoms with Crippen LogP contribution < -0.4 is 10.6 Å². The van der Waals surface area contributed by atoms with Gasteiger partial charge in [-0.2, -0.15) is 0 Å². The van der Waals surface area contributed by atoms with E-state index in [1.807, 2.05) is 30.0 Å². The average molecular weight is 375 g/mol. The highest BCUT2D eigenvalue weighted by Gasteiger charge is 2.51. The molecule has 2 saturated heterocycles. The summed E-state index contributed by atoms with van der Waals surface area (Å²) in [7, 11) is 3.36. The molecule has 1 aliphatic carbocycles. The summed E-state index contributed by atoms with van der Waals surface area (Å²) in [6.45, 7) is 0. The van der Waals surface area contributed by atoms with Crippen LogP contribution in [0.15, 0.2) is 30.3 Å². The third kappa shape index (κ3) is 3.12. The predicted octanol–water partition coefficient (Wildman–Crippen LogP) is 2.35. The predicted molar refractivity (Wildman–Crippen MR) is 102 cm³/mol. The number of urea groups is 1. The van der Waals surface area contributed by atoms with E-state index in [2.05, 4.69) is 22.8 Å². The van der Waals surface area contributed by atoms with Gasteiger partial charge in [0.15, 0.2) is 0 Å². The van der Waals surface area contributed by atoms with E-state index in [0.29, 0.717) is 5.25 Å². The molecule has 4 unspecified atom stereocenters. The maximum atomic E-state index is 12.9. The van der Waals surface area contributed by atoms with Crippen LogP contribution in [0.3, 0.4) is 0 Å². The molecule has 6 nitrogen and oxygen atoms in total. The first-order chi connectivity index (χ1) is 12.6. The summed E-state index contributed by atoms with van der Waals surface area (Å²) in [6.07, 6.45) is 4.58. The highest BCUT2D eigenvalue weighted by molar-refractivity contribution is 8.00. The lowest BCUT2D eigenvalue weighted by Gasteiger charge is -2.50. The van der Waals surface area contributed by atoms with Gasteiger partial charge in [-0.25, -0.2) is 4.79 Å². The lowest BCUT2D eigenvalue weighted by Crippen LogP contribution is -2.72. The van der Waals surface area contributed by atoms with Crippen LogP contribution in [0, 0.1) is 5.92 Å². The highest BCUT2D eigenvalue weighted by Crippen LogP contribution is 2.39. The van der Waals surface area contributed by atoms with E-state index in [0.717, 1.165) is 5.56 Å². The van der Waals surface area contributed by atoms with Gasteiger partial charge in [0.1, 0.15) is 0 Å². The van der Waals surface area contributed by atoms with Gasteiger partial charge in [0.2, 0.25) is 5.91 Å². The molecule has 0 bridgehead atoms. The number of hydrogen-bond acceptors (Lipinski definition) is 5. The molecule has 0 spiro atoms. The summed E-state index contributed by atoms with van der Waals surface area (Å²) in [6, 6.07) is 9.91. The number of amides is 3. The summed E-state index contributed by atoms with van der Waals surface area (Å²) >= 11 is 1.88. The fraction of sp³-hybridized carbons (Fsp3) is 0.579. The number of hydrogen-bond donors (Lipinski definition) is 2. The number of imide groups is 1. The standard InChI is InChI=1S/C19H26N4O2S/c1-22-16-14(18(24)23(2)19(22)25)17(26-13-10-6-7-11-13)21-15(20-16)12-8-4-3-5-9-12/h3-5,8-9,13-17,20-21H,6-7,10-11H2,1-2H3. The van der Waals surface area contributed by atoms with Crippen molar-refractivity contribution in [2.45, 2.75) is 48.6 Å². The van der Waals surface area contributed by atoms with Crippen molar-refractivity contribution in [2.75, 3.05) is 14.1 Å². The third-order valence-corrected chi connectivity index (χ3v) is 7.31. The van der Waals surface area contributed by atoms with E-state index in [4.69, 9.17) is 0 Å². The second kappa shape index (κ2) is 7.21. The van der Waals surface area contributed by atoms with Crippen LogP contribution in [0.1, 0.15) is 37.4 Å². The summed E-state index contributed by atoms with van der Waals surface area (Å²) in [4.78, 5) is 28.3. The number of nitrogens with zero attached hydrogens (tertiary/aromatic N) is 2. The van der Waals surface area contributed by atoms with Crippen LogP contribution in [0.5, 0.6) is 0 Å². The molecule has 7 heteroatoms. The second-order valence-electron chi connectivity index (χ2n) is 7.40. The largest absolute Gasteiger partial charge is 0.327 e. The first-order valence-electron chi connectivity index (χ1n) is 9.33. The Morgan fingerprint density at radius 1 is 1.04 bits per heavy atom. The van der Waals surface area contributed by atoms with Gasteiger partial charge in [0.25, 0.3) is 0 Å². The normalized spacial score (nSPS) is 32.8. The fourth-order valence-corrected chi connectivity index (χ4v) is 5.91. The molecule has 3 amide bonds. The van der Waals surface area contributed by atoms with E-state index < -0.39 is 0 Å². The monoisotopic (exact) mass is 374 g/mol. The number of thioether (sulfide) groups is 1. The van der Waals surface area contributed by atoms with Crippen LogP contribution in [-0.4, -0.2) is 52.6 Å². The van der Waals surface area contributed by atoms with Crippen LogP contribution in [0.4, 0.5) is 4.79 Å².